The van der Waals surface area contributed by atoms with Crippen LogP contribution >= 0.6 is 11.3 Å². The zero-order chi connectivity index (χ0) is 21.8. The number of anilines is 2. The van der Waals surface area contributed by atoms with Gasteiger partial charge in [-0.1, -0.05) is 13.0 Å². The lowest BCUT2D eigenvalue weighted by Gasteiger charge is -2.07. The lowest BCUT2D eigenvalue weighted by atomic mass is 10.1. The first-order chi connectivity index (χ1) is 15.0. The second kappa shape index (κ2) is 9.17. The monoisotopic (exact) mass is 455 g/mol. The number of sulfonamides is 1. The van der Waals surface area contributed by atoms with Crippen LogP contribution in [0.2, 0.25) is 0 Å². The molecule has 0 radical (unpaired) electrons. The van der Waals surface area contributed by atoms with Crippen LogP contribution in [0.25, 0.3) is 26.8 Å². The van der Waals surface area contributed by atoms with Crippen molar-refractivity contribution < 1.29 is 8.42 Å². The Morgan fingerprint density at radius 2 is 2.10 bits per heavy atom. The first-order valence-corrected chi connectivity index (χ1v) is 12.7. The van der Waals surface area contributed by atoms with Crippen LogP contribution in [0, 0.1) is 0 Å². The summed E-state index contributed by atoms with van der Waals surface area (Å²) in [7, 11) is -1.76. The molecular weight excluding hydrogens is 430 g/mol. The Hall–Kier alpha value is -2.75. The number of H-pyrrole nitrogens is 1. The molecule has 3 N–H and O–H groups in total. The van der Waals surface area contributed by atoms with E-state index in [4.69, 9.17) is 0 Å². The number of allylic oxidation sites excluding steroid dienone is 2. The SMILES string of the molecule is CC/C=C(\CCCS(=O)(=O)NC)c1cc2c(Nc3ccc4ncsc4c3)ccnc2[nH]1. The Bertz CT molecular complexity index is 1340. The van der Waals surface area contributed by atoms with Crippen molar-refractivity contribution >= 4 is 59.6 Å². The molecule has 9 heteroatoms. The quantitative estimate of drug-likeness (QED) is 0.328. The van der Waals surface area contributed by atoms with Crippen LogP contribution in [-0.4, -0.2) is 36.2 Å². The van der Waals surface area contributed by atoms with E-state index in [0.717, 1.165) is 50.3 Å². The molecule has 0 fully saturated rings. The maximum absolute atomic E-state index is 11.7. The van der Waals surface area contributed by atoms with Gasteiger partial charge in [0.25, 0.3) is 0 Å². The fourth-order valence-corrected chi connectivity index (χ4v) is 4.99. The number of fused-ring (bicyclic) bond motifs is 2. The summed E-state index contributed by atoms with van der Waals surface area (Å²) in [5, 5.41) is 4.49. The number of hydrogen-bond donors (Lipinski definition) is 3. The van der Waals surface area contributed by atoms with E-state index in [-0.39, 0.29) is 5.75 Å². The first-order valence-electron chi connectivity index (χ1n) is 10.2. The van der Waals surface area contributed by atoms with Crippen molar-refractivity contribution in [3.63, 3.8) is 0 Å². The molecule has 0 bridgehead atoms. The molecule has 0 aliphatic rings. The molecule has 0 saturated heterocycles. The van der Waals surface area contributed by atoms with Crippen LogP contribution < -0.4 is 10.0 Å². The van der Waals surface area contributed by atoms with Gasteiger partial charge in [-0.25, -0.2) is 23.1 Å². The van der Waals surface area contributed by atoms with Crippen molar-refractivity contribution in [3.05, 3.63) is 53.8 Å². The van der Waals surface area contributed by atoms with Gasteiger partial charge in [0.1, 0.15) is 5.65 Å². The molecule has 3 aromatic heterocycles. The highest BCUT2D eigenvalue weighted by Gasteiger charge is 2.13. The van der Waals surface area contributed by atoms with E-state index in [1.807, 2.05) is 23.7 Å². The average Bonchev–Trinajstić information content (AvgIpc) is 3.40. The van der Waals surface area contributed by atoms with Gasteiger partial charge in [0.05, 0.1) is 27.2 Å². The topological polar surface area (TPSA) is 99.8 Å². The third kappa shape index (κ3) is 4.95. The summed E-state index contributed by atoms with van der Waals surface area (Å²) < 4.78 is 27.0. The van der Waals surface area contributed by atoms with E-state index in [1.165, 1.54) is 7.05 Å². The summed E-state index contributed by atoms with van der Waals surface area (Å²) in [6, 6.07) is 10.2. The molecule has 0 amide bonds. The standard InChI is InChI=1S/C22H25N5O2S2/c1-3-5-15(6-4-11-31(28,29)23-2)20-13-17-18(9-10-24-22(17)27-20)26-16-7-8-19-21(12-16)30-14-25-19/h5,7-10,12-14,23H,3-4,6,11H2,1-2H3,(H2,24,26,27)/b15-5+. The second-order valence-electron chi connectivity index (χ2n) is 7.23. The third-order valence-electron chi connectivity index (χ3n) is 5.11. The predicted octanol–water partition coefficient (Wildman–Crippen LogP) is 5.04. The van der Waals surface area contributed by atoms with Gasteiger partial charge in [0.2, 0.25) is 10.0 Å². The molecule has 31 heavy (non-hydrogen) atoms. The normalized spacial score (nSPS) is 12.6. The number of thiazole rings is 1. The summed E-state index contributed by atoms with van der Waals surface area (Å²) in [6.07, 6.45) is 6.02. The minimum atomic E-state index is -3.20. The van der Waals surface area contributed by atoms with Crippen molar-refractivity contribution in [1.82, 2.24) is 19.7 Å². The van der Waals surface area contributed by atoms with Gasteiger partial charge >= 0.3 is 0 Å². The number of pyridine rings is 1. The second-order valence-corrected chi connectivity index (χ2v) is 10.2. The summed E-state index contributed by atoms with van der Waals surface area (Å²) in [6.45, 7) is 2.08. The van der Waals surface area contributed by atoms with E-state index in [2.05, 4.69) is 50.1 Å². The highest BCUT2D eigenvalue weighted by atomic mass is 32.2. The highest BCUT2D eigenvalue weighted by Crippen LogP contribution is 2.31. The number of rotatable bonds is 9. The minimum Gasteiger partial charge on any atom is -0.355 e. The minimum absolute atomic E-state index is 0.107. The van der Waals surface area contributed by atoms with Gasteiger partial charge in [-0.05, 0) is 62.2 Å². The Morgan fingerprint density at radius 1 is 1.23 bits per heavy atom. The van der Waals surface area contributed by atoms with Crippen molar-refractivity contribution in [2.75, 3.05) is 18.1 Å². The van der Waals surface area contributed by atoms with Gasteiger partial charge in [-0.3, -0.25) is 0 Å². The summed E-state index contributed by atoms with van der Waals surface area (Å²) in [5.41, 5.74) is 7.67. The van der Waals surface area contributed by atoms with E-state index >= 15 is 0 Å². The van der Waals surface area contributed by atoms with Crippen LogP contribution in [0.1, 0.15) is 31.9 Å². The maximum atomic E-state index is 11.7. The highest BCUT2D eigenvalue weighted by molar-refractivity contribution is 7.89. The lowest BCUT2D eigenvalue weighted by Crippen LogP contribution is -2.21. The number of nitrogens with zero attached hydrogens (tertiary/aromatic N) is 2. The fraction of sp³-hybridized carbons (Fsp3) is 0.273. The number of aromatic amines is 1. The summed E-state index contributed by atoms with van der Waals surface area (Å²) >= 11 is 1.62. The Kier molecular flexibility index (Phi) is 6.35. The lowest BCUT2D eigenvalue weighted by molar-refractivity contribution is 0.586. The number of benzene rings is 1. The zero-order valence-corrected chi connectivity index (χ0v) is 19.1. The zero-order valence-electron chi connectivity index (χ0n) is 17.5. The molecule has 4 rings (SSSR count). The van der Waals surface area contributed by atoms with Crippen molar-refractivity contribution in [1.29, 1.82) is 0 Å². The van der Waals surface area contributed by atoms with Crippen LogP contribution in [-0.2, 0) is 10.0 Å². The third-order valence-corrected chi connectivity index (χ3v) is 7.35. The first kappa shape index (κ1) is 21.5. The molecule has 7 nitrogen and oxygen atoms in total. The van der Waals surface area contributed by atoms with Crippen LogP contribution in [0.5, 0.6) is 0 Å². The predicted molar refractivity (Wildman–Crippen MR) is 129 cm³/mol. The van der Waals surface area contributed by atoms with Crippen LogP contribution in [0.3, 0.4) is 0 Å². The Morgan fingerprint density at radius 3 is 2.90 bits per heavy atom. The van der Waals surface area contributed by atoms with E-state index in [9.17, 15) is 8.42 Å². The van der Waals surface area contributed by atoms with Crippen LogP contribution in [0.4, 0.5) is 11.4 Å². The van der Waals surface area contributed by atoms with Gasteiger partial charge in [0.15, 0.2) is 0 Å². The molecule has 4 aromatic rings. The Balaban J connectivity index is 1.60. The molecule has 1 aromatic carbocycles. The molecule has 0 saturated carbocycles. The molecule has 0 aliphatic carbocycles. The molecular formula is C22H25N5O2S2. The molecule has 3 heterocycles. The summed E-state index contributed by atoms with van der Waals surface area (Å²) in [5.74, 6) is 0.107. The van der Waals surface area contributed by atoms with Crippen molar-refractivity contribution in [2.24, 2.45) is 0 Å². The molecule has 0 unspecified atom stereocenters. The van der Waals surface area contributed by atoms with Gasteiger partial charge in [-0.2, -0.15) is 0 Å². The molecule has 162 valence electrons. The number of aromatic nitrogens is 3. The maximum Gasteiger partial charge on any atom is 0.211 e. The smallest absolute Gasteiger partial charge is 0.211 e. The molecule has 0 atom stereocenters. The van der Waals surface area contributed by atoms with E-state index in [1.54, 1.807) is 17.5 Å². The van der Waals surface area contributed by atoms with E-state index < -0.39 is 10.0 Å². The fourth-order valence-electron chi connectivity index (χ4n) is 3.55. The molecule has 0 spiro atoms. The molecule has 0 aliphatic heterocycles. The van der Waals surface area contributed by atoms with Gasteiger partial charge in [0, 0.05) is 23.0 Å². The van der Waals surface area contributed by atoms with E-state index in [0.29, 0.717) is 12.8 Å². The van der Waals surface area contributed by atoms with Crippen LogP contribution in [0.15, 0.2) is 48.1 Å². The van der Waals surface area contributed by atoms with Gasteiger partial charge < -0.3 is 10.3 Å². The number of nitrogens with one attached hydrogen (secondary N) is 3. The largest absolute Gasteiger partial charge is 0.355 e. The average molecular weight is 456 g/mol. The van der Waals surface area contributed by atoms with Crippen molar-refractivity contribution in [2.45, 2.75) is 26.2 Å². The Labute approximate surface area is 185 Å². The van der Waals surface area contributed by atoms with Crippen molar-refractivity contribution in [3.8, 4) is 0 Å². The summed E-state index contributed by atoms with van der Waals surface area (Å²) in [4.78, 5) is 12.2. The number of hydrogen-bond acceptors (Lipinski definition) is 6. The van der Waals surface area contributed by atoms with Gasteiger partial charge in [-0.15, -0.1) is 11.3 Å².